The van der Waals surface area contributed by atoms with Gasteiger partial charge in [0, 0.05) is 6.08 Å². The molecule has 4 nitrogen and oxygen atoms in total. The fourth-order valence-corrected chi connectivity index (χ4v) is 1.42. The van der Waals surface area contributed by atoms with Crippen molar-refractivity contribution >= 4 is 41.2 Å². The lowest BCUT2D eigenvalue weighted by molar-refractivity contribution is -0.140. The number of carbonyl (C=O) groups is 2. The predicted molar refractivity (Wildman–Crippen MR) is 70.7 cm³/mol. The predicted octanol–water partition coefficient (Wildman–Crippen LogP) is 2.60. The van der Waals surface area contributed by atoms with Crippen LogP contribution in [-0.2, 0) is 9.59 Å². The Labute approximate surface area is 114 Å². The molecule has 0 unspecified atom stereocenters. The number of rotatable bonds is 4. The molecule has 18 heavy (non-hydrogen) atoms. The van der Waals surface area contributed by atoms with E-state index in [0.717, 1.165) is 0 Å². The molecule has 2 N–H and O–H groups in total. The number of halogens is 2. The molecule has 0 aliphatic rings. The van der Waals surface area contributed by atoms with Gasteiger partial charge < -0.3 is 10.4 Å². The highest BCUT2D eigenvalue weighted by Crippen LogP contribution is 2.22. The highest BCUT2D eigenvalue weighted by Gasteiger charge is 2.11. The first-order valence-corrected chi connectivity index (χ1v) is 5.82. The van der Waals surface area contributed by atoms with Gasteiger partial charge in [-0.15, -0.1) is 0 Å². The Hall–Kier alpha value is -1.52. The third kappa shape index (κ3) is 4.39. The average molecular weight is 288 g/mol. The van der Waals surface area contributed by atoms with E-state index < -0.39 is 17.9 Å². The van der Waals surface area contributed by atoms with Crippen LogP contribution in [0, 0.1) is 0 Å². The maximum absolute atomic E-state index is 11.4. The van der Waals surface area contributed by atoms with E-state index in [1.807, 2.05) is 0 Å². The van der Waals surface area contributed by atoms with E-state index in [9.17, 15) is 9.59 Å². The summed E-state index contributed by atoms with van der Waals surface area (Å²) in [6.07, 6.45) is 2.76. The molecule has 0 aliphatic heterocycles. The smallest absolute Gasteiger partial charge is 0.325 e. The van der Waals surface area contributed by atoms with E-state index in [-0.39, 0.29) is 0 Å². The highest BCUT2D eigenvalue weighted by molar-refractivity contribution is 6.42. The molecule has 0 saturated carbocycles. The van der Waals surface area contributed by atoms with E-state index >= 15 is 0 Å². The van der Waals surface area contributed by atoms with Gasteiger partial charge >= 0.3 is 5.97 Å². The molecule has 0 aromatic heterocycles. The third-order valence-corrected chi connectivity index (χ3v) is 2.84. The zero-order valence-corrected chi connectivity index (χ0v) is 11.0. The number of hydrogen-bond donors (Lipinski definition) is 2. The van der Waals surface area contributed by atoms with Gasteiger partial charge in [-0.1, -0.05) is 29.3 Å². The summed E-state index contributed by atoms with van der Waals surface area (Å²) in [4.78, 5) is 21.9. The number of hydrogen-bond acceptors (Lipinski definition) is 2. The monoisotopic (exact) mass is 287 g/mol. The molecule has 1 rings (SSSR count). The largest absolute Gasteiger partial charge is 0.480 e. The van der Waals surface area contributed by atoms with Crippen molar-refractivity contribution in [2.45, 2.75) is 13.0 Å². The first kappa shape index (κ1) is 14.5. The third-order valence-electron chi connectivity index (χ3n) is 2.10. The zero-order valence-electron chi connectivity index (χ0n) is 9.48. The van der Waals surface area contributed by atoms with Gasteiger partial charge in [0.15, 0.2) is 0 Å². The fraction of sp³-hybridized carbons (Fsp3) is 0.167. The van der Waals surface area contributed by atoms with Crippen LogP contribution in [0.2, 0.25) is 10.0 Å². The minimum Gasteiger partial charge on any atom is -0.480 e. The minimum absolute atomic E-state index is 0.387. The molecular weight excluding hydrogens is 277 g/mol. The first-order valence-electron chi connectivity index (χ1n) is 5.06. The topological polar surface area (TPSA) is 66.4 Å². The van der Waals surface area contributed by atoms with Gasteiger partial charge in [0.1, 0.15) is 6.04 Å². The lowest BCUT2D eigenvalue weighted by Gasteiger charge is -2.06. The van der Waals surface area contributed by atoms with Crippen molar-refractivity contribution in [1.29, 1.82) is 0 Å². The summed E-state index contributed by atoms with van der Waals surface area (Å²) in [6.45, 7) is 1.38. The summed E-state index contributed by atoms with van der Waals surface area (Å²) in [5.41, 5.74) is 0.697. The van der Waals surface area contributed by atoms with Crippen LogP contribution in [0.5, 0.6) is 0 Å². The Balaban J connectivity index is 2.66. The molecule has 1 aromatic carbocycles. The molecule has 0 bridgehead atoms. The normalized spacial score (nSPS) is 12.4. The number of amides is 1. The molecule has 1 aromatic rings. The van der Waals surface area contributed by atoms with Crippen molar-refractivity contribution in [3.8, 4) is 0 Å². The Bertz CT molecular complexity index is 500. The molecular formula is C12H11Cl2NO3. The summed E-state index contributed by atoms with van der Waals surface area (Å²) in [5, 5.41) is 11.7. The zero-order chi connectivity index (χ0) is 13.7. The number of benzene rings is 1. The minimum atomic E-state index is -1.09. The molecule has 1 amide bonds. The molecule has 0 aliphatic carbocycles. The fourth-order valence-electron chi connectivity index (χ4n) is 1.11. The first-order chi connectivity index (χ1) is 8.40. The molecule has 0 saturated heterocycles. The Morgan fingerprint density at radius 3 is 2.56 bits per heavy atom. The van der Waals surface area contributed by atoms with E-state index in [4.69, 9.17) is 28.3 Å². The lowest BCUT2D eigenvalue weighted by Crippen LogP contribution is -2.37. The van der Waals surface area contributed by atoms with Crippen LogP contribution in [-0.4, -0.2) is 23.0 Å². The number of nitrogens with one attached hydrogen (secondary N) is 1. The van der Waals surface area contributed by atoms with Gasteiger partial charge in [0.2, 0.25) is 5.91 Å². The maximum atomic E-state index is 11.4. The van der Waals surface area contributed by atoms with Gasteiger partial charge in [-0.25, -0.2) is 0 Å². The van der Waals surface area contributed by atoms with Crippen molar-refractivity contribution in [3.05, 3.63) is 39.9 Å². The number of carbonyl (C=O) groups excluding carboxylic acids is 1. The van der Waals surface area contributed by atoms with Crippen molar-refractivity contribution in [3.63, 3.8) is 0 Å². The highest BCUT2D eigenvalue weighted by atomic mass is 35.5. The maximum Gasteiger partial charge on any atom is 0.325 e. The van der Waals surface area contributed by atoms with Gasteiger partial charge in [0.25, 0.3) is 0 Å². The lowest BCUT2D eigenvalue weighted by atomic mass is 10.2. The van der Waals surface area contributed by atoms with Crippen LogP contribution < -0.4 is 5.32 Å². The number of aliphatic carboxylic acids is 1. The van der Waals surface area contributed by atoms with Gasteiger partial charge in [-0.2, -0.15) is 0 Å². The second-order valence-electron chi connectivity index (χ2n) is 3.58. The van der Waals surface area contributed by atoms with Crippen LogP contribution in [0.3, 0.4) is 0 Å². The summed E-state index contributed by atoms with van der Waals surface area (Å²) in [6, 6.07) is 3.98. The Morgan fingerprint density at radius 2 is 2.00 bits per heavy atom. The van der Waals surface area contributed by atoms with Crippen LogP contribution in [0.25, 0.3) is 6.08 Å². The van der Waals surface area contributed by atoms with Crippen LogP contribution in [0.1, 0.15) is 12.5 Å². The summed E-state index contributed by atoms with van der Waals surface area (Å²) >= 11 is 11.6. The quantitative estimate of drug-likeness (QED) is 0.837. The Kier molecular flexibility index (Phi) is 5.19. The van der Waals surface area contributed by atoms with E-state index in [2.05, 4.69) is 5.32 Å². The molecule has 0 spiro atoms. The molecule has 0 radical (unpaired) electrons. The van der Waals surface area contributed by atoms with E-state index in [1.165, 1.54) is 19.1 Å². The summed E-state index contributed by atoms with van der Waals surface area (Å²) in [7, 11) is 0. The van der Waals surface area contributed by atoms with Gasteiger partial charge in [0.05, 0.1) is 10.0 Å². The molecule has 0 heterocycles. The average Bonchev–Trinajstić information content (AvgIpc) is 2.30. The standard InChI is InChI=1S/C12H11Cl2NO3/c1-7(12(17)18)15-11(16)5-3-8-2-4-9(13)10(14)6-8/h2-7H,1H3,(H,15,16)(H,17,18)/t7-/m1/s1. The molecule has 6 heteroatoms. The van der Waals surface area contributed by atoms with Crippen LogP contribution >= 0.6 is 23.2 Å². The van der Waals surface area contributed by atoms with Gasteiger partial charge in [-0.05, 0) is 30.7 Å². The second kappa shape index (κ2) is 6.42. The summed E-state index contributed by atoms with van der Waals surface area (Å²) < 4.78 is 0. The van der Waals surface area contributed by atoms with Crippen molar-refractivity contribution in [1.82, 2.24) is 5.32 Å². The van der Waals surface area contributed by atoms with E-state index in [1.54, 1.807) is 18.2 Å². The van der Waals surface area contributed by atoms with Crippen molar-refractivity contribution < 1.29 is 14.7 Å². The van der Waals surface area contributed by atoms with Gasteiger partial charge in [-0.3, -0.25) is 9.59 Å². The van der Waals surface area contributed by atoms with Crippen molar-refractivity contribution in [2.75, 3.05) is 0 Å². The number of carboxylic acids is 1. The van der Waals surface area contributed by atoms with Crippen LogP contribution in [0.4, 0.5) is 0 Å². The molecule has 1 atom stereocenters. The second-order valence-corrected chi connectivity index (χ2v) is 4.39. The summed E-state index contributed by atoms with van der Waals surface area (Å²) in [5.74, 6) is -1.58. The molecule has 96 valence electrons. The SMILES string of the molecule is C[C@@H](NC(=O)C=Cc1ccc(Cl)c(Cl)c1)C(=O)O. The molecule has 0 fully saturated rings. The number of carboxylic acid groups (broad SMARTS) is 1. The Morgan fingerprint density at radius 1 is 1.33 bits per heavy atom. The van der Waals surface area contributed by atoms with Crippen LogP contribution in [0.15, 0.2) is 24.3 Å². The van der Waals surface area contributed by atoms with E-state index in [0.29, 0.717) is 15.6 Å². The van der Waals surface area contributed by atoms with Crippen molar-refractivity contribution in [2.24, 2.45) is 0 Å².